The SMILES string of the molecule is Nc1ccn(CC(=O)N2CCN(c3nccs3)CC2)n1. The molecule has 7 nitrogen and oxygen atoms in total. The lowest BCUT2D eigenvalue weighted by Gasteiger charge is -2.34. The van der Waals surface area contributed by atoms with Crippen LogP contribution in [0.15, 0.2) is 23.8 Å². The minimum Gasteiger partial charge on any atom is -0.382 e. The van der Waals surface area contributed by atoms with Gasteiger partial charge < -0.3 is 15.5 Å². The van der Waals surface area contributed by atoms with Gasteiger partial charge in [-0.05, 0) is 6.07 Å². The van der Waals surface area contributed by atoms with Crippen molar-refractivity contribution in [3.05, 3.63) is 23.8 Å². The minimum atomic E-state index is 0.0758. The maximum atomic E-state index is 12.2. The fourth-order valence-electron chi connectivity index (χ4n) is 2.22. The number of carbonyl (C=O) groups is 1. The molecule has 0 radical (unpaired) electrons. The van der Waals surface area contributed by atoms with Crippen LogP contribution in [0.1, 0.15) is 0 Å². The van der Waals surface area contributed by atoms with Crippen molar-refractivity contribution in [2.75, 3.05) is 36.8 Å². The third-order valence-corrected chi connectivity index (χ3v) is 4.11. The molecule has 1 fully saturated rings. The summed E-state index contributed by atoms with van der Waals surface area (Å²) in [5.74, 6) is 0.512. The summed E-state index contributed by atoms with van der Waals surface area (Å²) >= 11 is 1.63. The summed E-state index contributed by atoms with van der Waals surface area (Å²) in [7, 11) is 0. The van der Waals surface area contributed by atoms with Gasteiger partial charge in [0.15, 0.2) is 5.13 Å². The molecule has 1 saturated heterocycles. The summed E-state index contributed by atoms with van der Waals surface area (Å²) in [6.07, 6.45) is 3.53. The molecule has 2 aromatic heterocycles. The molecule has 0 saturated carbocycles. The molecule has 0 atom stereocenters. The van der Waals surface area contributed by atoms with Crippen molar-refractivity contribution in [3.8, 4) is 0 Å². The molecule has 106 valence electrons. The molecule has 3 rings (SSSR count). The standard InChI is InChI=1S/C12H16N6OS/c13-10-1-3-18(15-10)9-11(19)16-4-6-17(7-5-16)12-14-2-8-20-12/h1-3,8H,4-7,9H2,(H2,13,15). The average molecular weight is 292 g/mol. The Hall–Kier alpha value is -2.09. The van der Waals surface area contributed by atoms with E-state index in [1.807, 2.05) is 10.3 Å². The first-order valence-corrected chi connectivity index (χ1v) is 7.31. The molecule has 1 aliphatic heterocycles. The lowest BCUT2D eigenvalue weighted by Crippen LogP contribution is -2.49. The molecule has 3 heterocycles. The van der Waals surface area contributed by atoms with E-state index in [0.29, 0.717) is 5.82 Å². The van der Waals surface area contributed by atoms with Gasteiger partial charge in [0, 0.05) is 44.0 Å². The zero-order valence-corrected chi connectivity index (χ0v) is 11.8. The Balaban J connectivity index is 1.54. The van der Waals surface area contributed by atoms with E-state index < -0.39 is 0 Å². The largest absolute Gasteiger partial charge is 0.382 e. The highest BCUT2D eigenvalue weighted by Gasteiger charge is 2.22. The number of hydrogen-bond donors (Lipinski definition) is 1. The van der Waals surface area contributed by atoms with Crippen LogP contribution in [0.2, 0.25) is 0 Å². The third-order valence-electron chi connectivity index (χ3n) is 3.28. The van der Waals surface area contributed by atoms with Gasteiger partial charge in [-0.2, -0.15) is 5.10 Å². The minimum absolute atomic E-state index is 0.0758. The van der Waals surface area contributed by atoms with Crippen molar-refractivity contribution < 1.29 is 4.79 Å². The highest BCUT2D eigenvalue weighted by molar-refractivity contribution is 7.13. The number of amides is 1. The van der Waals surface area contributed by atoms with Gasteiger partial charge in [0.1, 0.15) is 12.4 Å². The van der Waals surface area contributed by atoms with Crippen LogP contribution in [0.4, 0.5) is 10.9 Å². The van der Waals surface area contributed by atoms with Crippen molar-refractivity contribution in [2.45, 2.75) is 6.54 Å². The Morgan fingerprint density at radius 2 is 2.15 bits per heavy atom. The number of aromatic nitrogens is 3. The maximum Gasteiger partial charge on any atom is 0.244 e. The molecule has 2 aromatic rings. The molecule has 0 spiro atoms. The Kier molecular flexibility index (Phi) is 3.55. The van der Waals surface area contributed by atoms with Crippen molar-refractivity contribution in [1.29, 1.82) is 0 Å². The molecule has 1 aliphatic rings. The second-order valence-electron chi connectivity index (χ2n) is 4.62. The van der Waals surface area contributed by atoms with E-state index >= 15 is 0 Å². The second kappa shape index (κ2) is 5.49. The van der Waals surface area contributed by atoms with Crippen LogP contribution in [0, 0.1) is 0 Å². The average Bonchev–Trinajstić information content (AvgIpc) is 3.11. The number of hydrogen-bond acceptors (Lipinski definition) is 6. The smallest absolute Gasteiger partial charge is 0.244 e. The number of nitrogens with zero attached hydrogens (tertiary/aromatic N) is 5. The Morgan fingerprint density at radius 3 is 2.75 bits per heavy atom. The number of anilines is 2. The summed E-state index contributed by atoms with van der Waals surface area (Å²) < 4.78 is 1.57. The van der Waals surface area contributed by atoms with E-state index in [0.717, 1.165) is 31.3 Å². The first kappa shape index (κ1) is 12.9. The molecule has 2 N–H and O–H groups in total. The second-order valence-corrected chi connectivity index (χ2v) is 5.49. The molecule has 0 unspecified atom stereocenters. The van der Waals surface area contributed by atoms with Gasteiger partial charge in [-0.1, -0.05) is 0 Å². The Morgan fingerprint density at radius 1 is 1.35 bits per heavy atom. The van der Waals surface area contributed by atoms with Crippen molar-refractivity contribution in [3.63, 3.8) is 0 Å². The van der Waals surface area contributed by atoms with Gasteiger partial charge in [-0.3, -0.25) is 9.48 Å². The van der Waals surface area contributed by atoms with Gasteiger partial charge >= 0.3 is 0 Å². The van der Waals surface area contributed by atoms with E-state index in [-0.39, 0.29) is 12.5 Å². The number of carbonyl (C=O) groups excluding carboxylic acids is 1. The molecule has 0 aromatic carbocycles. The van der Waals surface area contributed by atoms with E-state index in [9.17, 15) is 4.79 Å². The Labute approximate surface area is 120 Å². The van der Waals surface area contributed by atoms with Crippen LogP contribution in [0.3, 0.4) is 0 Å². The number of nitrogen functional groups attached to an aromatic ring is 1. The van der Waals surface area contributed by atoms with Crippen LogP contribution >= 0.6 is 11.3 Å². The van der Waals surface area contributed by atoms with Crippen LogP contribution < -0.4 is 10.6 Å². The zero-order valence-electron chi connectivity index (χ0n) is 11.0. The van der Waals surface area contributed by atoms with E-state index in [1.54, 1.807) is 34.5 Å². The zero-order chi connectivity index (χ0) is 13.9. The van der Waals surface area contributed by atoms with Crippen LogP contribution in [0.5, 0.6) is 0 Å². The maximum absolute atomic E-state index is 12.2. The fourth-order valence-corrected chi connectivity index (χ4v) is 2.92. The fraction of sp³-hybridized carbons (Fsp3) is 0.417. The molecule has 20 heavy (non-hydrogen) atoms. The third kappa shape index (κ3) is 2.74. The lowest BCUT2D eigenvalue weighted by atomic mass is 10.3. The lowest BCUT2D eigenvalue weighted by molar-refractivity contribution is -0.132. The first-order chi connectivity index (χ1) is 9.72. The monoisotopic (exact) mass is 292 g/mol. The summed E-state index contributed by atoms with van der Waals surface area (Å²) in [6, 6.07) is 1.69. The predicted molar refractivity (Wildman–Crippen MR) is 77.5 cm³/mol. The van der Waals surface area contributed by atoms with Crippen molar-refractivity contribution >= 4 is 28.2 Å². The number of thiazole rings is 1. The van der Waals surface area contributed by atoms with Gasteiger partial charge in [0.2, 0.25) is 5.91 Å². The molecular weight excluding hydrogens is 276 g/mol. The molecule has 0 aliphatic carbocycles. The van der Waals surface area contributed by atoms with Crippen molar-refractivity contribution in [1.82, 2.24) is 19.7 Å². The van der Waals surface area contributed by atoms with Crippen LogP contribution in [-0.2, 0) is 11.3 Å². The summed E-state index contributed by atoms with van der Waals surface area (Å²) in [5, 5.41) is 7.02. The molecule has 1 amide bonds. The highest BCUT2D eigenvalue weighted by Crippen LogP contribution is 2.18. The van der Waals surface area contributed by atoms with E-state index in [4.69, 9.17) is 5.73 Å². The van der Waals surface area contributed by atoms with E-state index in [1.165, 1.54) is 0 Å². The Bertz CT molecular complexity index is 573. The van der Waals surface area contributed by atoms with Gasteiger partial charge in [-0.15, -0.1) is 11.3 Å². The number of nitrogens with two attached hydrogens (primary N) is 1. The molecule has 8 heteroatoms. The van der Waals surface area contributed by atoms with Gasteiger partial charge in [0.05, 0.1) is 0 Å². The normalized spacial score (nSPS) is 15.6. The summed E-state index contributed by atoms with van der Waals surface area (Å²) in [6.45, 7) is 3.32. The van der Waals surface area contributed by atoms with Crippen LogP contribution in [0.25, 0.3) is 0 Å². The quantitative estimate of drug-likeness (QED) is 0.878. The van der Waals surface area contributed by atoms with E-state index in [2.05, 4.69) is 15.0 Å². The number of rotatable bonds is 3. The molecule has 0 bridgehead atoms. The number of piperazine rings is 1. The summed E-state index contributed by atoms with van der Waals surface area (Å²) in [4.78, 5) is 20.5. The topological polar surface area (TPSA) is 80.3 Å². The first-order valence-electron chi connectivity index (χ1n) is 6.43. The molecular formula is C12H16N6OS. The van der Waals surface area contributed by atoms with Crippen molar-refractivity contribution in [2.24, 2.45) is 0 Å². The van der Waals surface area contributed by atoms with Gasteiger partial charge in [0.25, 0.3) is 0 Å². The predicted octanol–water partition coefficient (Wildman–Crippen LogP) is 0.271. The highest BCUT2D eigenvalue weighted by atomic mass is 32.1. The van der Waals surface area contributed by atoms with Crippen LogP contribution in [-0.4, -0.2) is 51.8 Å². The van der Waals surface area contributed by atoms with Gasteiger partial charge in [-0.25, -0.2) is 4.98 Å². The summed E-state index contributed by atoms with van der Waals surface area (Å²) in [5.41, 5.74) is 5.54.